The van der Waals surface area contributed by atoms with Gasteiger partial charge in [-0.2, -0.15) is 0 Å². The molecule has 29 heavy (non-hydrogen) atoms. The molecule has 2 amide bonds. The van der Waals surface area contributed by atoms with Crippen LogP contribution in [0, 0.1) is 6.92 Å². The highest BCUT2D eigenvalue weighted by atomic mass is 32.1. The molecule has 3 aromatic carbocycles. The summed E-state index contributed by atoms with van der Waals surface area (Å²) >= 11 is 4.87. The smallest absolute Gasteiger partial charge is 0.263 e. The Morgan fingerprint density at radius 3 is 2.48 bits per heavy atom. The predicted molar refractivity (Wildman–Crippen MR) is 116 cm³/mol. The van der Waals surface area contributed by atoms with E-state index < -0.39 is 11.8 Å². The summed E-state index contributed by atoms with van der Waals surface area (Å²) < 4.78 is 6.09. The van der Waals surface area contributed by atoms with Crippen LogP contribution in [0.2, 0.25) is 0 Å². The van der Waals surface area contributed by atoms with E-state index in [1.165, 1.54) is 0 Å². The minimum atomic E-state index is -0.531. The Morgan fingerprint density at radius 2 is 1.72 bits per heavy atom. The molecular weight excluding hydrogens is 384 g/mol. The Bertz CT molecular complexity index is 1160. The fourth-order valence-corrected chi connectivity index (χ4v) is 3.45. The van der Waals surface area contributed by atoms with Crippen LogP contribution >= 0.6 is 12.2 Å². The van der Waals surface area contributed by atoms with Gasteiger partial charge in [-0.05, 0) is 47.6 Å². The first-order valence-electron chi connectivity index (χ1n) is 9.10. The van der Waals surface area contributed by atoms with Gasteiger partial charge < -0.3 is 4.74 Å². The highest BCUT2D eigenvalue weighted by molar-refractivity contribution is 7.80. The molecule has 1 aliphatic rings. The van der Waals surface area contributed by atoms with E-state index in [-0.39, 0.29) is 10.7 Å². The summed E-state index contributed by atoms with van der Waals surface area (Å²) in [4.78, 5) is 24.6. The third kappa shape index (κ3) is 4.02. The lowest BCUT2D eigenvalue weighted by Gasteiger charge is -2.18. The number of benzene rings is 3. The number of amides is 2. The van der Waals surface area contributed by atoms with Crippen LogP contribution in [-0.2, 0) is 16.2 Å². The first-order valence-corrected chi connectivity index (χ1v) is 9.50. The number of thiocarbonyl (C=S) groups is 1. The van der Waals surface area contributed by atoms with E-state index in [1.54, 1.807) is 6.08 Å². The summed E-state index contributed by atoms with van der Waals surface area (Å²) in [5, 5.41) is 6.80. The number of fused-ring (bicyclic) bond motifs is 1. The van der Waals surface area contributed by atoms with Crippen molar-refractivity contribution in [3.63, 3.8) is 0 Å². The summed E-state index contributed by atoms with van der Waals surface area (Å²) in [5.74, 6) is -0.473. The summed E-state index contributed by atoms with van der Waals surface area (Å²) in [5.41, 5.74) is 2.84. The fraction of sp³-hybridized carbons (Fsp3) is 0.0870. The Balaban J connectivity index is 1.77. The first-order chi connectivity index (χ1) is 14.0. The molecule has 0 aliphatic carbocycles. The minimum absolute atomic E-state index is 0.00555. The maximum atomic E-state index is 12.3. The second-order valence-corrected chi connectivity index (χ2v) is 7.18. The zero-order chi connectivity index (χ0) is 20.4. The number of carbonyl (C=O) groups is 2. The van der Waals surface area contributed by atoms with Crippen LogP contribution in [0.4, 0.5) is 0 Å². The second-order valence-electron chi connectivity index (χ2n) is 6.77. The second kappa shape index (κ2) is 7.85. The molecule has 0 spiro atoms. The van der Waals surface area contributed by atoms with Gasteiger partial charge in [0, 0.05) is 5.56 Å². The van der Waals surface area contributed by atoms with Crippen molar-refractivity contribution >= 4 is 46.0 Å². The Labute approximate surface area is 173 Å². The zero-order valence-electron chi connectivity index (χ0n) is 15.7. The van der Waals surface area contributed by atoms with Gasteiger partial charge in [0.05, 0.1) is 0 Å². The van der Waals surface area contributed by atoms with Crippen molar-refractivity contribution in [3.8, 4) is 5.75 Å². The monoisotopic (exact) mass is 402 g/mol. The van der Waals surface area contributed by atoms with Crippen LogP contribution in [0.3, 0.4) is 0 Å². The van der Waals surface area contributed by atoms with Crippen molar-refractivity contribution in [1.29, 1.82) is 0 Å². The summed E-state index contributed by atoms with van der Waals surface area (Å²) in [6.45, 7) is 2.40. The van der Waals surface area contributed by atoms with Crippen molar-refractivity contribution < 1.29 is 14.3 Å². The molecule has 0 unspecified atom stereocenters. The van der Waals surface area contributed by atoms with Crippen molar-refractivity contribution in [2.24, 2.45) is 0 Å². The molecule has 0 saturated carbocycles. The average Bonchev–Trinajstić information content (AvgIpc) is 2.69. The van der Waals surface area contributed by atoms with Crippen molar-refractivity contribution in [3.05, 3.63) is 82.9 Å². The van der Waals surface area contributed by atoms with E-state index in [4.69, 9.17) is 17.0 Å². The van der Waals surface area contributed by atoms with Gasteiger partial charge >= 0.3 is 0 Å². The van der Waals surface area contributed by atoms with Gasteiger partial charge in [0.2, 0.25) is 0 Å². The molecule has 3 aromatic rings. The SMILES string of the molecule is Cc1cccc(COc2ccc3ccccc3c2C=C2C(=O)NC(=S)NC2=O)c1. The third-order valence-electron chi connectivity index (χ3n) is 4.64. The number of hydrogen-bond donors (Lipinski definition) is 2. The maximum absolute atomic E-state index is 12.3. The lowest BCUT2D eigenvalue weighted by Crippen LogP contribution is -2.51. The minimum Gasteiger partial charge on any atom is -0.488 e. The molecule has 2 N–H and O–H groups in total. The van der Waals surface area contributed by atoms with Crippen molar-refractivity contribution in [2.75, 3.05) is 0 Å². The van der Waals surface area contributed by atoms with Gasteiger partial charge in [-0.1, -0.05) is 60.2 Å². The lowest BCUT2D eigenvalue weighted by molar-refractivity contribution is -0.123. The molecule has 144 valence electrons. The van der Waals surface area contributed by atoms with Gasteiger partial charge in [-0.3, -0.25) is 20.2 Å². The normalized spacial score (nSPS) is 13.8. The molecule has 0 atom stereocenters. The molecule has 1 fully saturated rings. The molecule has 1 aliphatic heterocycles. The maximum Gasteiger partial charge on any atom is 0.263 e. The van der Waals surface area contributed by atoms with E-state index >= 15 is 0 Å². The van der Waals surface area contributed by atoms with E-state index in [2.05, 4.69) is 16.7 Å². The molecule has 1 heterocycles. The van der Waals surface area contributed by atoms with E-state index in [1.807, 2.05) is 61.5 Å². The largest absolute Gasteiger partial charge is 0.488 e. The van der Waals surface area contributed by atoms with Gasteiger partial charge in [0.1, 0.15) is 17.9 Å². The van der Waals surface area contributed by atoms with E-state index in [0.717, 1.165) is 21.9 Å². The van der Waals surface area contributed by atoms with E-state index in [9.17, 15) is 9.59 Å². The van der Waals surface area contributed by atoms with Gasteiger partial charge in [-0.15, -0.1) is 0 Å². The van der Waals surface area contributed by atoms with Gasteiger partial charge in [0.25, 0.3) is 11.8 Å². The Kier molecular flexibility index (Phi) is 5.10. The molecule has 4 rings (SSSR count). The van der Waals surface area contributed by atoms with Crippen molar-refractivity contribution in [2.45, 2.75) is 13.5 Å². The van der Waals surface area contributed by atoms with Crippen LogP contribution in [-0.4, -0.2) is 16.9 Å². The zero-order valence-corrected chi connectivity index (χ0v) is 16.5. The highest BCUT2D eigenvalue weighted by Crippen LogP contribution is 2.31. The Hall–Kier alpha value is -3.51. The summed E-state index contributed by atoms with van der Waals surface area (Å²) in [7, 11) is 0. The van der Waals surface area contributed by atoms with Crippen LogP contribution in [0.1, 0.15) is 16.7 Å². The number of nitrogens with one attached hydrogen (secondary N) is 2. The molecule has 0 radical (unpaired) electrons. The molecule has 1 saturated heterocycles. The molecular formula is C23H18N2O3S. The molecule has 6 heteroatoms. The van der Waals surface area contributed by atoms with E-state index in [0.29, 0.717) is 17.9 Å². The van der Waals surface area contributed by atoms with Crippen LogP contribution < -0.4 is 15.4 Å². The number of hydrogen-bond acceptors (Lipinski definition) is 4. The highest BCUT2D eigenvalue weighted by Gasteiger charge is 2.26. The van der Waals surface area contributed by atoms with Crippen LogP contribution in [0.5, 0.6) is 5.75 Å². The van der Waals surface area contributed by atoms with Gasteiger partial charge in [0.15, 0.2) is 5.11 Å². The fourth-order valence-electron chi connectivity index (χ4n) is 3.26. The lowest BCUT2D eigenvalue weighted by atomic mass is 10.00. The number of carbonyl (C=O) groups excluding carboxylic acids is 2. The average molecular weight is 402 g/mol. The summed E-state index contributed by atoms with van der Waals surface area (Å²) in [6, 6.07) is 19.6. The number of ether oxygens (including phenoxy) is 1. The van der Waals surface area contributed by atoms with Crippen molar-refractivity contribution in [1.82, 2.24) is 10.6 Å². The predicted octanol–water partition coefficient (Wildman–Crippen LogP) is 3.64. The molecule has 5 nitrogen and oxygen atoms in total. The quantitative estimate of drug-likeness (QED) is 0.397. The third-order valence-corrected chi connectivity index (χ3v) is 4.84. The molecule has 0 aromatic heterocycles. The number of aryl methyl sites for hydroxylation is 1. The summed E-state index contributed by atoms with van der Waals surface area (Å²) in [6.07, 6.45) is 1.56. The van der Waals surface area contributed by atoms with Gasteiger partial charge in [-0.25, -0.2) is 0 Å². The Morgan fingerprint density at radius 1 is 0.966 bits per heavy atom. The van der Waals surface area contributed by atoms with Crippen LogP contribution in [0.25, 0.3) is 16.8 Å². The standard InChI is InChI=1S/C23H18N2O3S/c1-14-5-4-6-15(11-14)13-28-20-10-9-16-7-2-3-8-17(16)18(20)12-19-21(26)24-23(29)25-22(19)27/h2-12H,13H2,1H3,(H2,24,25,26,27,29). The molecule has 0 bridgehead atoms. The topological polar surface area (TPSA) is 67.4 Å². The first kappa shape index (κ1) is 18.8. The number of rotatable bonds is 4. The van der Waals surface area contributed by atoms with Crippen LogP contribution in [0.15, 0.2) is 66.2 Å².